The summed E-state index contributed by atoms with van der Waals surface area (Å²) in [4.78, 5) is 2.63. The highest BCUT2D eigenvalue weighted by Gasteiger charge is 2.48. The third kappa shape index (κ3) is 9.30. The standard InChI is InChI=1S/C93H85N/c1-7-11-51-91(52-12-8-2)84-55-62(5)37-46-74(84)76-49-44-71(60-86(76)91)94(72-45-50-77-75-47-38-63(6)56-85(75)92(53-13-9-3,54-14-10-4)87(77)61-72)70-43-41-64-57-66(40-39-65(64)58-70)89-79-32-21-23-34-81(79)90(82-35-24-22-33-80(82)89)67-42-48-78-73-31-25-26-36-83(73)93(88(78)59-67,68-27-17-15-18-28-68)69-29-19-16-20-30-69/h15-50,55-61H,7-14,51-54H2,1-6H3. The molecule has 0 atom stereocenters. The molecular formula is C93H85N. The molecule has 462 valence electrons. The van der Waals surface area contributed by atoms with Gasteiger partial charge >= 0.3 is 0 Å². The number of benzene rings is 13. The lowest BCUT2D eigenvalue weighted by molar-refractivity contribution is 0.414. The average molecular weight is 1220 g/mol. The zero-order valence-corrected chi connectivity index (χ0v) is 55.8. The van der Waals surface area contributed by atoms with E-state index in [4.69, 9.17) is 0 Å². The highest BCUT2D eigenvalue weighted by Crippen LogP contribution is 2.60. The minimum absolute atomic E-state index is 0.0477. The van der Waals surface area contributed by atoms with E-state index in [1.807, 2.05) is 0 Å². The van der Waals surface area contributed by atoms with Crippen LogP contribution in [0.3, 0.4) is 0 Å². The molecule has 0 saturated carbocycles. The van der Waals surface area contributed by atoms with E-state index in [-0.39, 0.29) is 10.8 Å². The van der Waals surface area contributed by atoms with Crippen molar-refractivity contribution in [2.45, 2.75) is 135 Å². The zero-order valence-electron chi connectivity index (χ0n) is 55.8. The predicted molar refractivity (Wildman–Crippen MR) is 402 cm³/mol. The second-order valence-electron chi connectivity index (χ2n) is 27.8. The van der Waals surface area contributed by atoms with Crippen LogP contribution in [0.25, 0.3) is 88.0 Å². The molecule has 0 bridgehead atoms. The van der Waals surface area contributed by atoms with Crippen molar-refractivity contribution in [2.24, 2.45) is 0 Å². The van der Waals surface area contributed by atoms with Gasteiger partial charge in [0.25, 0.3) is 0 Å². The van der Waals surface area contributed by atoms with Crippen LogP contribution in [0.5, 0.6) is 0 Å². The predicted octanol–water partition coefficient (Wildman–Crippen LogP) is 26.2. The summed E-state index contributed by atoms with van der Waals surface area (Å²) in [6.45, 7) is 14.0. The maximum absolute atomic E-state index is 2.64. The van der Waals surface area contributed by atoms with Crippen molar-refractivity contribution in [1.29, 1.82) is 0 Å². The van der Waals surface area contributed by atoms with Crippen molar-refractivity contribution in [2.75, 3.05) is 4.90 Å². The summed E-state index contributed by atoms with van der Waals surface area (Å²) in [7, 11) is 0. The Kier molecular flexibility index (Phi) is 15.2. The van der Waals surface area contributed by atoms with Crippen molar-refractivity contribution in [3.8, 4) is 55.6 Å². The Morgan fingerprint density at radius 1 is 0.277 bits per heavy atom. The molecular weight excluding hydrogens is 1130 g/mol. The Morgan fingerprint density at radius 2 is 0.628 bits per heavy atom. The second kappa shape index (κ2) is 24.1. The number of hydrogen-bond acceptors (Lipinski definition) is 1. The van der Waals surface area contributed by atoms with Crippen molar-refractivity contribution < 1.29 is 0 Å². The van der Waals surface area contributed by atoms with Crippen LogP contribution in [0.1, 0.15) is 160 Å². The van der Waals surface area contributed by atoms with Crippen LogP contribution in [0, 0.1) is 13.8 Å². The monoisotopic (exact) mass is 1220 g/mol. The average Bonchev–Trinajstić information content (AvgIpc) is 1.52. The van der Waals surface area contributed by atoms with Crippen molar-refractivity contribution >= 4 is 49.4 Å². The molecule has 0 unspecified atom stereocenters. The number of rotatable bonds is 19. The van der Waals surface area contributed by atoms with E-state index in [0.717, 1.165) is 25.7 Å². The molecule has 0 amide bonds. The molecule has 0 aliphatic heterocycles. The highest BCUT2D eigenvalue weighted by atomic mass is 15.1. The maximum atomic E-state index is 2.64. The largest absolute Gasteiger partial charge is 0.310 e. The lowest BCUT2D eigenvalue weighted by Gasteiger charge is -2.35. The third-order valence-corrected chi connectivity index (χ3v) is 22.4. The number of hydrogen-bond donors (Lipinski definition) is 0. The lowest BCUT2D eigenvalue weighted by atomic mass is 9.67. The van der Waals surface area contributed by atoms with Gasteiger partial charge in [-0.25, -0.2) is 0 Å². The number of fused-ring (bicyclic) bond motifs is 12. The summed E-state index contributed by atoms with van der Waals surface area (Å²) in [6.07, 6.45) is 14.1. The molecule has 0 fully saturated rings. The van der Waals surface area contributed by atoms with Gasteiger partial charge in [0.05, 0.1) is 5.41 Å². The summed E-state index contributed by atoms with van der Waals surface area (Å²) < 4.78 is 0. The van der Waals surface area contributed by atoms with Gasteiger partial charge in [-0.3, -0.25) is 0 Å². The highest BCUT2D eigenvalue weighted by molar-refractivity contribution is 6.22. The van der Waals surface area contributed by atoms with E-state index in [0.29, 0.717) is 0 Å². The molecule has 0 saturated heterocycles. The van der Waals surface area contributed by atoms with Crippen LogP contribution in [-0.4, -0.2) is 0 Å². The van der Waals surface area contributed by atoms with Gasteiger partial charge in [0.1, 0.15) is 0 Å². The molecule has 1 nitrogen and oxygen atoms in total. The minimum atomic E-state index is -0.499. The molecule has 13 aromatic carbocycles. The summed E-state index contributed by atoms with van der Waals surface area (Å²) >= 11 is 0. The van der Waals surface area contributed by atoms with Crippen LogP contribution in [0.15, 0.2) is 261 Å². The minimum Gasteiger partial charge on any atom is -0.310 e. The molecule has 0 radical (unpaired) electrons. The fourth-order valence-electron chi connectivity index (χ4n) is 18.0. The summed E-state index contributed by atoms with van der Waals surface area (Å²) in [5.41, 5.74) is 30.3. The first-order chi connectivity index (χ1) is 46.2. The second-order valence-corrected chi connectivity index (χ2v) is 27.8. The van der Waals surface area contributed by atoms with Crippen LogP contribution < -0.4 is 4.90 Å². The lowest BCUT2D eigenvalue weighted by Crippen LogP contribution is -2.28. The van der Waals surface area contributed by atoms with Gasteiger partial charge in [-0.2, -0.15) is 0 Å². The number of anilines is 3. The van der Waals surface area contributed by atoms with Gasteiger partial charge in [0.15, 0.2) is 0 Å². The Balaban J connectivity index is 0.861. The Hall–Kier alpha value is -9.56. The topological polar surface area (TPSA) is 3.24 Å². The SMILES string of the molecule is CCCCC1(CCCC)c2cc(C)ccc2-c2ccc(N(c3ccc4c(c3)C(CCCC)(CCCC)c3cc(C)ccc3-4)c3ccc4cc(-c5c6ccccc6c(-c6ccc7c(c6)C(c6ccccc6)(c6ccccc6)c6ccccc6-7)c6ccccc56)ccc4c3)cc21. The normalized spacial score (nSPS) is 14.2. The van der Waals surface area contributed by atoms with Gasteiger partial charge in [-0.15, -0.1) is 0 Å². The summed E-state index contributed by atoms with van der Waals surface area (Å²) in [5.74, 6) is 0. The molecule has 0 heterocycles. The third-order valence-electron chi connectivity index (χ3n) is 22.4. The van der Waals surface area contributed by atoms with Crippen molar-refractivity contribution in [3.63, 3.8) is 0 Å². The molecule has 13 aromatic rings. The van der Waals surface area contributed by atoms with Gasteiger partial charge in [0.2, 0.25) is 0 Å². The Morgan fingerprint density at radius 3 is 1.12 bits per heavy atom. The molecule has 0 spiro atoms. The molecule has 3 aliphatic carbocycles. The van der Waals surface area contributed by atoms with E-state index in [9.17, 15) is 0 Å². The first-order valence-corrected chi connectivity index (χ1v) is 35.4. The Labute approximate surface area is 557 Å². The van der Waals surface area contributed by atoms with E-state index >= 15 is 0 Å². The summed E-state index contributed by atoms with van der Waals surface area (Å²) in [6, 6.07) is 102. The zero-order chi connectivity index (χ0) is 63.7. The molecule has 1 heteroatoms. The molecule has 3 aliphatic rings. The molecule has 0 N–H and O–H groups in total. The van der Waals surface area contributed by atoms with E-state index in [1.54, 1.807) is 0 Å². The summed E-state index contributed by atoms with van der Waals surface area (Å²) in [5, 5.41) is 7.47. The van der Waals surface area contributed by atoms with Gasteiger partial charge in [-0.05, 0) is 221 Å². The van der Waals surface area contributed by atoms with E-state index in [1.165, 1.54) is 212 Å². The maximum Gasteiger partial charge on any atom is 0.0713 e. The molecule has 94 heavy (non-hydrogen) atoms. The number of nitrogens with zero attached hydrogens (tertiary/aromatic N) is 1. The number of aryl methyl sites for hydroxylation is 2. The van der Waals surface area contributed by atoms with Crippen molar-refractivity contribution in [3.05, 3.63) is 316 Å². The Bertz CT molecular complexity index is 4820. The smallest absolute Gasteiger partial charge is 0.0713 e. The van der Waals surface area contributed by atoms with Crippen molar-refractivity contribution in [1.82, 2.24) is 0 Å². The van der Waals surface area contributed by atoms with Gasteiger partial charge in [-0.1, -0.05) is 303 Å². The first kappa shape index (κ1) is 59.5. The molecule has 0 aromatic heterocycles. The van der Waals surface area contributed by atoms with Gasteiger partial charge in [0, 0.05) is 27.9 Å². The van der Waals surface area contributed by atoms with Crippen LogP contribution >= 0.6 is 0 Å². The van der Waals surface area contributed by atoms with Crippen LogP contribution in [-0.2, 0) is 16.2 Å². The van der Waals surface area contributed by atoms with Crippen LogP contribution in [0.2, 0.25) is 0 Å². The quantitative estimate of drug-likeness (QED) is 0.0730. The van der Waals surface area contributed by atoms with Crippen LogP contribution in [0.4, 0.5) is 17.1 Å². The van der Waals surface area contributed by atoms with Gasteiger partial charge < -0.3 is 4.90 Å². The fourth-order valence-corrected chi connectivity index (χ4v) is 18.0. The van der Waals surface area contributed by atoms with E-state index < -0.39 is 5.41 Å². The fraction of sp³-hybridized carbons (Fsp3) is 0.226. The number of unbranched alkanes of at least 4 members (excludes halogenated alkanes) is 4. The van der Waals surface area contributed by atoms with E-state index in [2.05, 4.69) is 307 Å². The molecule has 16 rings (SSSR count). The first-order valence-electron chi connectivity index (χ1n) is 35.4.